The molecule has 27 heavy (non-hydrogen) atoms. The molecule has 1 heterocycles. The maximum Gasteiger partial charge on any atom is 0.306 e. The molecular weight excluding hydrogens is 370 g/mol. The van der Waals surface area contributed by atoms with Crippen molar-refractivity contribution in [1.82, 2.24) is 4.98 Å². The molecular formula is C18H19N3O5S. The maximum absolute atomic E-state index is 12.0. The number of aromatic nitrogens is 1. The minimum absolute atomic E-state index is 0.0291. The van der Waals surface area contributed by atoms with E-state index in [9.17, 15) is 19.7 Å². The van der Waals surface area contributed by atoms with E-state index in [1.807, 2.05) is 0 Å². The highest BCUT2D eigenvalue weighted by atomic mass is 32.1. The molecule has 1 aromatic carbocycles. The van der Waals surface area contributed by atoms with Gasteiger partial charge in [0.15, 0.2) is 11.7 Å². The molecule has 0 spiro atoms. The Morgan fingerprint density at radius 3 is 2.89 bits per heavy atom. The molecule has 1 amide bonds. The summed E-state index contributed by atoms with van der Waals surface area (Å²) in [5, 5.41) is 13.7. The molecule has 1 aromatic heterocycles. The van der Waals surface area contributed by atoms with Gasteiger partial charge in [0.25, 0.3) is 11.6 Å². The van der Waals surface area contributed by atoms with E-state index in [0.717, 1.165) is 23.7 Å². The number of thiazole rings is 1. The third kappa shape index (κ3) is 3.92. The summed E-state index contributed by atoms with van der Waals surface area (Å²) in [4.78, 5) is 38.5. The largest absolute Gasteiger partial charge is 0.456 e. The van der Waals surface area contributed by atoms with E-state index < -0.39 is 10.8 Å². The molecule has 0 saturated heterocycles. The second-order valence-corrected chi connectivity index (χ2v) is 8.31. The predicted molar refractivity (Wildman–Crippen MR) is 99.4 cm³/mol. The normalized spacial score (nSPS) is 23.5. The number of amides is 1. The smallest absolute Gasteiger partial charge is 0.306 e. The molecule has 2 aromatic rings. The van der Waals surface area contributed by atoms with Crippen LogP contribution in [-0.4, -0.2) is 28.4 Å². The highest BCUT2D eigenvalue weighted by molar-refractivity contribution is 7.22. The monoisotopic (exact) mass is 389 g/mol. The van der Waals surface area contributed by atoms with Crippen molar-refractivity contribution in [3.63, 3.8) is 0 Å². The number of nitrogens with zero attached hydrogens (tertiary/aromatic N) is 2. The van der Waals surface area contributed by atoms with E-state index in [1.165, 1.54) is 37.5 Å². The number of esters is 1. The second kappa shape index (κ2) is 7.22. The van der Waals surface area contributed by atoms with Gasteiger partial charge in [-0.3, -0.25) is 25.0 Å². The zero-order valence-corrected chi connectivity index (χ0v) is 15.4. The van der Waals surface area contributed by atoms with Crippen LogP contribution in [0.1, 0.15) is 32.1 Å². The minimum atomic E-state index is -0.479. The van der Waals surface area contributed by atoms with Crippen molar-refractivity contribution >= 4 is 44.2 Å². The molecule has 142 valence electrons. The van der Waals surface area contributed by atoms with Crippen LogP contribution in [0.4, 0.5) is 10.8 Å². The fourth-order valence-electron chi connectivity index (χ4n) is 4.28. The van der Waals surface area contributed by atoms with Crippen LogP contribution in [0.25, 0.3) is 10.2 Å². The number of benzene rings is 1. The Hall–Kier alpha value is -2.55. The number of nitrogens with one attached hydrogen (secondary N) is 1. The molecule has 2 aliphatic rings. The summed E-state index contributed by atoms with van der Waals surface area (Å²) in [6.45, 7) is -0.351. The average Bonchev–Trinajstić information content (AvgIpc) is 3.33. The van der Waals surface area contributed by atoms with Gasteiger partial charge in [-0.1, -0.05) is 17.8 Å². The molecule has 1 N–H and O–H groups in total. The standard InChI is InChI=1S/C18H19N3O5S/c22-16(9-26-17(23)7-12-6-10-1-2-11(12)5-10)20-18-19-14-4-3-13(21(24)25)8-15(14)27-18/h3-4,8,10-12H,1-2,5-7,9H2,(H,19,20,22). The number of non-ortho nitro benzene ring substituents is 1. The Labute approximate surface area is 159 Å². The van der Waals surface area contributed by atoms with Gasteiger partial charge in [0.2, 0.25) is 0 Å². The van der Waals surface area contributed by atoms with Gasteiger partial charge in [0, 0.05) is 18.6 Å². The number of hydrogen-bond acceptors (Lipinski definition) is 7. The summed E-state index contributed by atoms with van der Waals surface area (Å²) in [5.41, 5.74) is 0.535. The third-order valence-corrected chi connectivity index (χ3v) is 6.44. The first-order valence-corrected chi connectivity index (χ1v) is 9.80. The van der Waals surface area contributed by atoms with Gasteiger partial charge in [-0.15, -0.1) is 0 Å². The summed E-state index contributed by atoms with van der Waals surface area (Å²) in [6, 6.07) is 4.32. The van der Waals surface area contributed by atoms with E-state index >= 15 is 0 Å². The van der Waals surface area contributed by atoms with Gasteiger partial charge < -0.3 is 4.74 Å². The summed E-state index contributed by atoms with van der Waals surface area (Å²) in [6.07, 6.45) is 5.21. The van der Waals surface area contributed by atoms with Gasteiger partial charge >= 0.3 is 5.97 Å². The fourth-order valence-corrected chi connectivity index (χ4v) is 5.20. The molecule has 2 fully saturated rings. The van der Waals surface area contributed by atoms with Gasteiger partial charge in [-0.25, -0.2) is 4.98 Å². The number of nitro benzene ring substituents is 1. The number of anilines is 1. The number of carbonyl (C=O) groups is 2. The lowest BCUT2D eigenvalue weighted by Crippen LogP contribution is -2.23. The van der Waals surface area contributed by atoms with Crippen molar-refractivity contribution in [3.8, 4) is 0 Å². The van der Waals surface area contributed by atoms with Crippen LogP contribution in [0.3, 0.4) is 0 Å². The lowest BCUT2D eigenvalue weighted by Gasteiger charge is -2.20. The molecule has 3 atom stereocenters. The number of fused-ring (bicyclic) bond motifs is 3. The van der Waals surface area contributed by atoms with E-state index in [0.29, 0.717) is 33.6 Å². The Kier molecular flexibility index (Phi) is 4.77. The lowest BCUT2D eigenvalue weighted by atomic mass is 9.86. The Bertz CT molecular complexity index is 912. The maximum atomic E-state index is 12.0. The predicted octanol–water partition coefficient (Wildman–Crippen LogP) is 3.51. The van der Waals surface area contributed by atoms with Crippen LogP contribution in [0.5, 0.6) is 0 Å². The molecule has 2 aliphatic carbocycles. The number of hydrogen-bond donors (Lipinski definition) is 1. The summed E-state index contributed by atoms with van der Waals surface area (Å²) in [7, 11) is 0. The summed E-state index contributed by atoms with van der Waals surface area (Å²) >= 11 is 1.14. The lowest BCUT2D eigenvalue weighted by molar-refractivity contribution is -0.384. The second-order valence-electron chi connectivity index (χ2n) is 7.28. The fraction of sp³-hybridized carbons (Fsp3) is 0.500. The number of nitro groups is 1. The van der Waals surface area contributed by atoms with Crippen molar-refractivity contribution in [1.29, 1.82) is 0 Å². The van der Waals surface area contributed by atoms with E-state index in [-0.39, 0.29) is 18.3 Å². The first-order chi connectivity index (χ1) is 13.0. The van der Waals surface area contributed by atoms with Crippen LogP contribution >= 0.6 is 11.3 Å². The van der Waals surface area contributed by atoms with E-state index in [2.05, 4.69) is 10.3 Å². The highest BCUT2D eigenvalue weighted by Crippen LogP contribution is 2.49. The molecule has 2 saturated carbocycles. The van der Waals surface area contributed by atoms with Crippen molar-refractivity contribution in [2.75, 3.05) is 11.9 Å². The highest BCUT2D eigenvalue weighted by Gasteiger charge is 2.40. The third-order valence-electron chi connectivity index (χ3n) is 5.51. The minimum Gasteiger partial charge on any atom is -0.456 e. The number of ether oxygens (including phenoxy) is 1. The SMILES string of the molecule is O=C(COC(=O)CC1CC2CCC1C2)Nc1nc2ccc([N+](=O)[O-])cc2s1. The average molecular weight is 389 g/mol. The molecule has 0 radical (unpaired) electrons. The molecule has 3 unspecified atom stereocenters. The van der Waals surface area contributed by atoms with Crippen molar-refractivity contribution < 1.29 is 19.2 Å². The quantitative estimate of drug-likeness (QED) is 0.460. The molecule has 0 aliphatic heterocycles. The Balaban J connectivity index is 1.28. The topological polar surface area (TPSA) is 111 Å². The summed E-state index contributed by atoms with van der Waals surface area (Å²) < 4.78 is 5.71. The van der Waals surface area contributed by atoms with Crippen LogP contribution in [-0.2, 0) is 14.3 Å². The van der Waals surface area contributed by atoms with Gasteiger partial charge in [0.05, 0.1) is 15.1 Å². The zero-order chi connectivity index (χ0) is 19.0. The van der Waals surface area contributed by atoms with Crippen molar-refractivity contribution in [3.05, 3.63) is 28.3 Å². The molecule has 9 heteroatoms. The van der Waals surface area contributed by atoms with E-state index in [4.69, 9.17) is 4.74 Å². The Morgan fingerprint density at radius 1 is 1.33 bits per heavy atom. The van der Waals surface area contributed by atoms with Crippen LogP contribution in [0.15, 0.2) is 18.2 Å². The number of carbonyl (C=O) groups excluding carboxylic acids is 2. The van der Waals surface area contributed by atoms with Crippen molar-refractivity contribution in [2.45, 2.75) is 32.1 Å². The zero-order valence-electron chi connectivity index (χ0n) is 14.6. The van der Waals surface area contributed by atoms with Gasteiger partial charge in [-0.05, 0) is 43.1 Å². The summed E-state index contributed by atoms with van der Waals surface area (Å²) in [5.74, 6) is 1.01. The van der Waals surface area contributed by atoms with E-state index in [1.54, 1.807) is 0 Å². The van der Waals surface area contributed by atoms with Crippen LogP contribution in [0, 0.1) is 27.9 Å². The molecule has 8 nitrogen and oxygen atoms in total. The molecule has 2 bridgehead atoms. The number of rotatable bonds is 6. The first kappa shape index (κ1) is 17.8. The van der Waals surface area contributed by atoms with Crippen LogP contribution < -0.4 is 5.32 Å². The van der Waals surface area contributed by atoms with Crippen LogP contribution in [0.2, 0.25) is 0 Å². The Morgan fingerprint density at radius 2 is 2.19 bits per heavy atom. The van der Waals surface area contributed by atoms with Gasteiger partial charge in [0.1, 0.15) is 0 Å². The first-order valence-electron chi connectivity index (χ1n) is 8.98. The van der Waals surface area contributed by atoms with Crippen molar-refractivity contribution in [2.24, 2.45) is 17.8 Å². The van der Waals surface area contributed by atoms with Gasteiger partial charge in [-0.2, -0.15) is 0 Å². The molecule has 4 rings (SSSR count).